The number of tetrazole rings is 1. The zero-order valence-electron chi connectivity index (χ0n) is 11.8. The summed E-state index contributed by atoms with van der Waals surface area (Å²) in [6.07, 6.45) is 0. The molecule has 7 heteroatoms. The van der Waals surface area contributed by atoms with E-state index in [0.717, 1.165) is 0 Å². The van der Waals surface area contributed by atoms with Gasteiger partial charge in [-0.15, -0.1) is 5.10 Å². The summed E-state index contributed by atoms with van der Waals surface area (Å²) in [6, 6.07) is 4.51. The van der Waals surface area contributed by atoms with Crippen LogP contribution in [0.15, 0.2) is 18.2 Å². The quantitative estimate of drug-likeness (QED) is 0.845. The van der Waals surface area contributed by atoms with Gasteiger partial charge in [-0.05, 0) is 49.4 Å². The lowest BCUT2D eigenvalue weighted by Crippen LogP contribution is -2.31. The SMILES string of the molecule is CCOC(C)(C)Cn1nnnc1-c1ccc(N)c(F)c1. The van der Waals surface area contributed by atoms with Crippen molar-refractivity contribution in [2.24, 2.45) is 0 Å². The molecule has 0 atom stereocenters. The molecule has 0 amide bonds. The minimum absolute atomic E-state index is 0.0995. The molecule has 2 aromatic rings. The van der Waals surface area contributed by atoms with E-state index in [-0.39, 0.29) is 5.69 Å². The number of rotatable bonds is 5. The van der Waals surface area contributed by atoms with Crippen LogP contribution in [0.4, 0.5) is 10.1 Å². The van der Waals surface area contributed by atoms with Crippen molar-refractivity contribution in [3.05, 3.63) is 24.0 Å². The Bertz CT molecular complexity index is 596. The lowest BCUT2D eigenvalue weighted by Gasteiger charge is -2.24. The van der Waals surface area contributed by atoms with E-state index in [1.54, 1.807) is 10.7 Å². The van der Waals surface area contributed by atoms with Gasteiger partial charge in [-0.25, -0.2) is 9.07 Å². The van der Waals surface area contributed by atoms with Crippen LogP contribution in [0.1, 0.15) is 20.8 Å². The fraction of sp³-hybridized carbons (Fsp3) is 0.462. The highest BCUT2D eigenvalue weighted by molar-refractivity contribution is 5.59. The minimum Gasteiger partial charge on any atom is -0.396 e. The van der Waals surface area contributed by atoms with Crippen LogP contribution >= 0.6 is 0 Å². The van der Waals surface area contributed by atoms with E-state index in [2.05, 4.69) is 15.5 Å². The van der Waals surface area contributed by atoms with Gasteiger partial charge in [0, 0.05) is 12.2 Å². The van der Waals surface area contributed by atoms with Crippen LogP contribution < -0.4 is 5.73 Å². The molecule has 6 nitrogen and oxygen atoms in total. The van der Waals surface area contributed by atoms with Gasteiger partial charge in [-0.1, -0.05) is 0 Å². The molecule has 20 heavy (non-hydrogen) atoms. The van der Waals surface area contributed by atoms with Gasteiger partial charge in [0.2, 0.25) is 0 Å². The first-order chi connectivity index (χ1) is 9.43. The molecule has 2 rings (SSSR count). The van der Waals surface area contributed by atoms with E-state index in [1.165, 1.54) is 12.1 Å². The van der Waals surface area contributed by atoms with E-state index in [0.29, 0.717) is 24.5 Å². The summed E-state index contributed by atoms with van der Waals surface area (Å²) in [7, 11) is 0. The normalized spacial score (nSPS) is 11.8. The number of nitrogens with zero attached hydrogens (tertiary/aromatic N) is 4. The van der Waals surface area contributed by atoms with Gasteiger partial charge in [0.15, 0.2) is 5.82 Å². The van der Waals surface area contributed by atoms with Gasteiger partial charge in [0.1, 0.15) is 5.82 Å². The van der Waals surface area contributed by atoms with Gasteiger partial charge < -0.3 is 10.5 Å². The Kier molecular flexibility index (Phi) is 3.99. The summed E-state index contributed by atoms with van der Waals surface area (Å²) in [6.45, 7) is 6.89. The highest BCUT2D eigenvalue weighted by Crippen LogP contribution is 2.22. The van der Waals surface area contributed by atoms with Gasteiger partial charge >= 0.3 is 0 Å². The van der Waals surface area contributed by atoms with E-state index < -0.39 is 11.4 Å². The fourth-order valence-corrected chi connectivity index (χ4v) is 1.98. The van der Waals surface area contributed by atoms with Gasteiger partial charge in [0.05, 0.1) is 17.8 Å². The first kappa shape index (κ1) is 14.4. The van der Waals surface area contributed by atoms with Crippen molar-refractivity contribution >= 4 is 5.69 Å². The summed E-state index contributed by atoms with van der Waals surface area (Å²) in [4.78, 5) is 0. The number of hydrogen-bond acceptors (Lipinski definition) is 5. The van der Waals surface area contributed by atoms with E-state index in [4.69, 9.17) is 10.5 Å². The Morgan fingerprint density at radius 1 is 1.40 bits per heavy atom. The lowest BCUT2D eigenvalue weighted by molar-refractivity contribution is -0.0246. The molecule has 0 saturated heterocycles. The standard InChI is InChI=1S/C13H18FN5O/c1-4-20-13(2,3)8-19-12(16-17-18-19)9-5-6-11(15)10(14)7-9/h5-7H,4,8,15H2,1-3H3. The Balaban J connectivity index is 2.30. The van der Waals surface area contributed by atoms with E-state index in [9.17, 15) is 4.39 Å². The van der Waals surface area contributed by atoms with E-state index in [1.807, 2.05) is 20.8 Å². The zero-order valence-corrected chi connectivity index (χ0v) is 11.8. The number of anilines is 1. The van der Waals surface area contributed by atoms with Crippen molar-refractivity contribution in [2.45, 2.75) is 32.9 Å². The van der Waals surface area contributed by atoms with Gasteiger partial charge in [-0.2, -0.15) is 0 Å². The van der Waals surface area contributed by atoms with Gasteiger partial charge in [-0.3, -0.25) is 0 Å². The molecular formula is C13H18FN5O. The molecule has 1 heterocycles. The third-order valence-electron chi connectivity index (χ3n) is 2.86. The predicted molar refractivity (Wildman–Crippen MR) is 73.3 cm³/mol. The average molecular weight is 279 g/mol. The summed E-state index contributed by atoms with van der Waals surface area (Å²) in [5.41, 5.74) is 5.73. The molecule has 0 radical (unpaired) electrons. The number of hydrogen-bond donors (Lipinski definition) is 1. The highest BCUT2D eigenvalue weighted by atomic mass is 19.1. The third-order valence-corrected chi connectivity index (χ3v) is 2.86. The Labute approximate surface area is 116 Å². The molecule has 2 N–H and O–H groups in total. The monoisotopic (exact) mass is 279 g/mol. The molecule has 0 unspecified atom stereocenters. The van der Waals surface area contributed by atoms with Crippen molar-refractivity contribution < 1.29 is 9.13 Å². The Morgan fingerprint density at radius 3 is 2.80 bits per heavy atom. The van der Waals surface area contributed by atoms with E-state index >= 15 is 0 Å². The van der Waals surface area contributed by atoms with Crippen molar-refractivity contribution in [3.8, 4) is 11.4 Å². The molecule has 0 aliphatic rings. The molecule has 0 fully saturated rings. The molecule has 108 valence electrons. The molecule has 0 bridgehead atoms. The van der Waals surface area contributed by atoms with Crippen LogP contribution in [0.2, 0.25) is 0 Å². The average Bonchev–Trinajstić information content (AvgIpc) is 2.80. The highest BCUT2D eigenvalue weighted by Gasteiger charge is 2.22. The maximum Gasteiger partial charge on any atom is 0.182 e. The second kappa shape index (κ2) is 5.54. The number of benzene rings is 1. The molecule has 0 aliphatic carbocycles. The number of nitrogen functional groups attached to an aromatic ring is 1. The molecule has 0 spiro atoms. The molecule has 1 aromatic heterocycles. The molecule has 0 saturated carbocycles. The van der Waals surface area contributed by atoms with Gasteiger partial charge in [0.25, 0.3) is 0 Å². The summed E-state index contributed by atoms with van der Waals surface area (Å²) in [5.74, 6) is -0.00204. The number of nitrogens with two attached hydrogens (primary N) is 1. The number of aromatic nitrogens is 4. The summed E-state index contributed by atoms with van der Waals surface area (Å²) in [5, 5.41) is 11.5. The fourth-order valence-electron chi connectivity index (χ4n) is 1.98. The van der Waals surface area contributed by atoms with Crippen molar-refractivity contribution in [1.82, 2.24) is 20.2 Å². The van der Waals surface area contributed by atoms with Crippen LogP contribution in [0.3, 0.4) is 0 Å². The first-order valence-electron chi connectivity index (χ1n) is 6.38. The number of ether oxygens (including phenoxy) is 1. The molecular weight excluding hydrogens is 261 g/mol. The summed E-state index contributed by atoms with van der Waals surface area (Å²) >= 11 is 0. The first-order valence-corrected chi connectivity index (χ1v) is 6.38. The van der Waals surface area contributed by atoms with Crippen molar-refractivity contribution in [2.75, 3.05) is 12.3 Å². The molecule has 0 aliphatic heterocycles. The van der Waals surface area contributed by atoms with Crippen LogP contribution in [0, 0.1) is 5.82 Å². The topological polar surface area (TPSA) is 78.8 Å². The minimum atomic E-state index is -0.485. The Hall–Kier alpha value is -2.02. The number of halogens is 1. The third kappa shape index (κ3) is 3.11. The summed E-state index contributed by atoms with van der Waals surface area (Å²) < 4.78 is 20.8. The maximum absolute atomic E-state index is 13.5. The maximum atomic E-state index is 13.5. The zero-order chi connectivity index (χ0) is 14.8. The van der Waals surface area contributed by atoms with Crippen LogP contribution in [-0.4, -0.2) is 32.4 Å². The Morgan fingerprint density at radius 2 is 2.15 bits per heavy atom. The second-order valence-corrected chi connectivity index (χ2v) is 5.09. The van der Waals surface area contributed by atoms with Crippen molar-refractivity contribution in [1.29, 1.82) is 0 Å². The smallest absolute Gasteiger partial charge is 0.182 e. The van der Waals surface area contributed by atoms with Crippen LogP contribution in [0.25, 0.3) is 11.4 Å². The van der Waals surface area contributed by atoms with Crippen LogP contribution in [0.5, 0.6) is 0 Å². The largest absolute Gasteiger partial charge is 0.396 e. The van der Waals surface area contributed by atoms with Crippen molar-refractivity contribution in [3.63, 3.8) is 0 Å². The predicted octanol–water partition coefficient (Wildman–Crippen LogP) is 1.88. The van der Waals surface area contributed by atoms with Crippen LogP contribution in [-0.2, 0) is 11.3 Å². The lowest BCUT2D eigenvalue weighted by atomic mass is 10.1. The second-order valence-electron chi connectivity index (χ2n) is 5.09. The molecule has 1 aromatic carbocycles.